The molecule has 5 heteroatoms. The van der Waals surface area contributed by atoms with Crippen LogP contribution in [0.4, 0.5) is 0 Å². The zero-order valence-electron chi connectivity index (χ0n) is 11.4. The molecule has 5 nitrogen and oxygen atoms in total. The summed E-state index contributed by atoms with van der Waals surface area (Å²) in [5, 5.41) is 0. The zero-order chi connectivity index (χ0) is 14.5. The highest BCUT2D eigenvalue weighted by atomic mass is 16.5. The van der Waals surface area contributed by atoms with E-state index in [9.17, 15) is 4.79 Å². The largest absolute Gasteiger partial charge is 0.487 e. The van der Waals surface area contributed by atoms with Gasteiger partial charge in [0.05, 0.1) is 6.54 Å². The van der Waals surface area contributed by atoms with Gasteiger partial charge in [-0.1, -0.05) is 30.3 Å². The van der Waals surface area contributed by atoms with Crippen LogP contribution in [0.1, 0.15) is 5.56 Å². The number of hydrogen-bond donors (Lipinski definition) is 0. The molecule has 1 aromatic rings. The Morgan fingerprint density at radius 3 is 3.00 bits per heavy atom. The number of benzene rings is 1. The number of hydrogen-bond acceptors (Lipinski definition) is 5. The predicted octanol–water partition coefficient (Wildman–Crippen LogP) is 2.05. The molecule has 0 aliphatic carbocycles. The van der Waals surface area contributed by atoms with Crippen molar-refractivity contribution in [3.8, 4) is 0 Å². The minimum Gasteiger partial charge on any atom is -0.487 e. The summed E-state index contributed by atoms with van der Waals surface area (Å²) < 4.78 is 10.8. The molecule has 2 heterocycles. The number of nitrogens with zero attached hydrogens (tertiary/aromatic N) is 2. The van der Waals surface area contributed by atoms with Gasteiger partial charge < -0.3 is 9.47 Å². The van der Waals surface area contributed by atoms with Crippen LogP contribution in [0.15, 0.2) is 63.9 Å². The van der Waals surface area contributed by atoms with Crippen LogP contribution in [0.2, 0.25) is 0 Å². The minimum absolute atomic E-state index is 0.231. The summed E-state index contributed by atoms with van der Waals surface area (Å²) in [5.41, 5.74) is 2.08. The van der Waals surface area contributed by atoms with Crippen molar-refractivity contribution in [1.82, 2.24) is 0 Å². The molecule has 1 aromatic carbocycles. The molecule has 0 spiro atoms. The molecule has 106 valence electrons. The summed E-state index contributed by atoms with van der Waals surface area (Å²) >= 11 is 0. The van der Waals surface area contributed by atoms with E-state index in [1.54, 1.807) is 18.5 Å². The van der Waals surface area contributed by atoms with Gasteiger partial charge in [0.15, 0.2) is 0 Å². The molecule has 0 bridgehead atoms. The van der Waals surface area contributed by atoms with Gasteiger partial charge in [-0.3, -0.25) is 9.98 Å². The molecule has 0 saturated carbocycles. The third-order valence-electron chi connectivity index (χ3n) is 3.08. The molecule has 2 aliphatic heterocycles. The van der Waals surface area contributed by atoms with E-state index in [2.05, 4.69) is 9.98 Å². The fraction of sp³-hybridized carbons (Fsp3) is 0.188. The third-order valence-corrected chi connectivity index (χ3v) is 3.08. The second kappa shape index (κ2) is 6.17. The predicted molar refractivity (Wildman–Crippen MR) is 79.2 cm³/mol. The number of dihydropyridines is 1. The summed E-state index contributed by atoms with van der Waals surface area (Å²) in [6.07, 6.45) is 4.98. The summed E-state index contributed by atoms with van der Waals surface area (Å²) in [6.45, 7) is 0.992. The van der Waals surface area contributed by atoms with Gasteiger partial charge in [-0.25, -0.2) is 4.79 Å². The maximum Gasteiger partial charge on any atom is 0.356 e. The molecule has 0 atom stereocenters. The molecule has 21 heavy (non-hydrogen) atoms. The van der Waals surface area contributed by atoms with E-state index in [0.29, 0.717) is 18.9 Å². The van der Waals surface area contributed by atoms with Crippen LogP contribution in [0, 0.1) is 0 Å². The molecule has 0 radical (unpaired) electrons. The Morgan fingerprint density at radius 2 is 2.14 bits per heavy atom. The summed E-state index contributed by atoms with van der Waals surface area (Å²) in [5.74, 6) is 0.188. The minimum atomic E-state index is -0.445. The van der Waals surface area contributed by atoms with Gasteiger partial charge >= 0.3 is 5.97 Å². The number of aliphatic imine (C=N–C) groups is 2. The Morgan fingerprint density at radius 1 is 1.29 bits per heavy atom. The molecule has 0 amide bonds. The Bertz CT molecular complexity index is 657. The number of carbonyl (C=O) groups excluding carboxylic acids is 1. The fourth-order valence-electron chi connectivity index (χ4n) is 1.98. The average molecular weight is 282 g/mol. The molecule has 0 N–H and O–H groups in total. The van der Waals surface area contributed by atoms with Crippen molar-refractivity contribution in [2.75, 3.05) is 13.2 Å². The van der Waals surface area contributed by atoms with Crippen molar-refractivity contribution in [3.63, 3.8) is 0 Å². The van der Waals surface area contributed by atoms with Crippen LogP contribution in [-0.2, 0) is 20.9 Å². The highest BCUT2D eigenvalue weighted by Crippen LogP contribution is 2.19. The van der Waals surface area contributed by atoms with E-state index in [1.807, 2.05) is 30.3 Å². The molecule has 0 saturated heterocycles. The van der Waals surface area contributed by atoms with Gasteiger partial charge in [0.25, 0.3) is 0 Å². The van der Waals surface area contributed by atoms with E-state index in [1.165, 1.54) is 0 Å². The van der Waals surface area contributed by atoms with E-state index < -0.39 is 5.97 Å². The van der Waals surface area contributed by atoms with Gasteiger partial charge in [-0.05, 0) is 5.56 Å². The second-order valence-corrected chi connectivity index (χ2v) is 4.57. The Kier molecular flexibility index (Phi) is 3.91. The average Bonchev–Trinajstić information content (AvgIpc) is 2.78. The van der Waals surface area contributed by atoms with Gasteiger partial charge in [-0.2, -0.15) is 0 Å². The van der Waals surface area contributed by atoms with Crippen molar-refractivity contribution in [2.45, 2.75) is 6.61 Å². The highest BCUT2D eigenvalue weighted by molar-refractivity contribution is 6.41. The highest BCUT2D eigenvalue weighted by Gasteiger charge is 2.20. The van der Waals surface area contributed by atoms with Crippen LogP contribution >= 0.6 is 0 Å². The first-order valence-corrected chi connectivity index (χ1v) is 6.64. The lowest BCUT2D eigenvalue weighted by Gasteiger charge is -2.14. The molecular formula is C16H14N2O3. The fourth-order valence-corrected chi connectivity index (χ4v) is 1.98. The van der Waals surface area contributed by atoms with Crippen molar-refractivity contribution in [3.05, 3.63) is 59.5 Å². The van der Waals surface area contributed by atoms with Crippen molar-refractivity contribution in [2.24, 2.45) is 9.98 Å². The lowest BCUT2D eigenvalue weighted by molar-refractivity contribution is -0.136. The normalized spacial score (nSPS) is 16.7. The maximum atomic E-state index is 12.0. The number of rotatable bonds is 3. The van der Waals surface area contributed by atoms with Gasteiger partial charge in [0, 0.05) is 24.1 Å². The Hall–Kier alpha value is -2.69. The number of esters is 1. The van der Waals surface area contributed by atoms with Crippen LogP contribution in [0.25, 0.3) is 0 Å². The van der Waals surface area contributed by atoms with Crippen LogP contribution in [-0.4, -0.2) is 31.0 Å². The molecule has 0 unspecified atom stereocenters. The summed E-state index contributed by atoms with van der Waals surface area (Å²) in [6, 6.07) is 9.53. The SMILES string of the molecule is O=C(OCc1ccccc1)C1=NCC2=CN=CCOC2=C1. The quantitative estimate of drug-likeness (QED) is 0.797. The van der Waals surface area contributed by atoms with Gasteiger partial charge in [0.2, 0.25) is 0 Å². The van der Waals surface area contributed by atoms with Gasteiger partial charge in [0.1, 0.15) is 24.7 Å². The smallest absolute Gasteiger partial charge is 0.356 e. The standard InChI is InChI=1S/C16H14N2O3/c19-16(21-11-12-4-2-1-3-5-12)14-8-15-13(10-18-14)9-17-6-7-20-15/h1-6,8-9H,7,10-11H2. The monoisotopic (exact) mass is 282 g/mol. The molecule has 3 rings (SSSR count). The van der Waals surface area contributed by atoms with Crippen LogP contribution in [0.5, 0.6) is 0 Å². The molecule has 0 aromatic heterocycles. The number of carbonyl (C=O) groups is 1. The first-order chi connectivity index (χ1) is 10.3. The number of ether oxygens (including phenoxy) is 2. The van der Waals surface area contributed by atoms with Crippen molar-refractivity contribution < 1.29 is 14.3 Å². The van der Waals surface area contributed by atoms with E-state index >= 15 is 0 Å². The Balaban J connectivity index is 1.65. The van der Waals surface area contributed by atoms with E-state index in [4.69, 9.17) is 9.47 Å². The first kappa shape index (κ1) is 13.3. The first-order valence-electron chi connectivity index (χ1n) is 6.64. The zero-order valence-corrected chi connectivity index (χ0v) is 11.4. The summed E-state index contributed by atoms with van der Waals surface area (Å²) in [7, 11) is 0. The maximum absolute atomic E-state index is 12.0. The van der Waals surface area contributed by atoms with Crippen LogP contribution < -0.4 is 0 Å². The van der Waals surface area contributed by atoms with E-state index in [-0.39, 0.29) is 12.3 Å². The van der Waals surface area contributed by atoms with Crippen molar-refractivity contribution >= 4 is 17.9 Å². The molecule has 0 fully saturated rings. The van der Waals surface area contributed by atoms with Crippen molar-refractivity contribution in [1.29, 1.82) is 0 Å². The summed E-state index contributed by atoms with van der Waals surface area (Å²) in [4.78, 5) is 20.3. The van der Waals surface area contributed by atoms with Crippen LogP contribution in [0.3, 0.4) is 0 Å². The van der Waals surface area contributed by atoms with E-state index in [0.717, 1.165) is 11.1 Å². The molecule has 2 aliphatic rings. The lowest BCUT2D eigenvalue weighted by Crippen LogP contribution is -2.20. The topological polar surface area (TPSA) is 60.2 Å². The van der Waals surface area contributed by atoms with Gasteiger partial charge in [-0.15, -0.1) is 0 Å². The molecular weight excluding hydrogens is 268 g/mol. The third kappa shape index (κ3) is 3.25. The Labute approximate surface area is 122 Å². The lowest BCUT2D eigenvalue weighted by atomic mass is 10.1. The second-order valence-electron chi connectivity index (χ2n) is 4.57. The number of fused-ring (bicyclic) bond motifs is 1.